The van der Waals surface area contributed by atoms with Gasteiger partial charge in [-0.2, -0.15) is 0 Å². The van der Waals surface area contributed by atoms with Crippen LogP contribution < -0.4 is 5.32 Å². The summed E-state index contributed by atoms with van der Waals surface area (Å²) in [5.74, 6) is -1.15. The highest BCUT2D eigenvalue weighted by Gasteiger charge is 2.36. The number of aromatic nitrogens is 2. The third-order valence-corrected chi connectivity index (χ3v) is 5.85. The number of imide groups is 1. The average Bonchev–Trinajstić information content (AvgIpc) is 3.41. The number of imidazole rings is 1. The number of aryl methyl sites for hydroxylation is 1. The third-order valence-electron chi connectivity index (χ3n) is 5.85. The Morgan fingerprint density at radius 1 is 0.857 bits per heavy atom. The maximum absolute atomic E-state index is 12.9. The van der Waals surface area contributed by atoms with Gasteiger partial charge in [-0.3, -0.25) is 24.1 Å². The molecule has 3 aromatic carbocycles. The van der Waals surface area contributed by atoms with Gasteiger partial charge in [-0.1, -0.05) is 30.3 Å². The molecule has 1 N–H and O–H groups in total. The highest BCUT2D eigenvalue weighted by atomic mass is 16.2. The fourth-order valence-electron chi connectivity index (χ4n) is 3.96. The van der Waals surface area contributed by atoms with Crippen LogP contribution in [0.15, 0.2) is 85.2 Å². The lowest BCUT2D eigenvalue weighted by atomic mass is 10.0. The SMILES string of the molecule is Cn1ccnc1C(=O)c1ccc(NC(=O)c2ccc3c(c2)C(=O)N(Cc2ccccc2)C3=O)cc1. The minimum absolute atomic E-state index is 0.165. The summed E-state index contributed by atoms with van der Waals surface area (Å²) in [6.07, 6.45) is 3.25. The Labute approximate surface area is 200 Å². The number of hydrogen-bond acceptors (Lipinski definition) is 5. The van der Waals surface area contributed by atoms with Crippen LogP contribution in [0.4, 0.5) is 5.69 Å². The number of rotatable bonds is 6. The molecular formula is C27H20N4O4. The van der Waals surface area contributed by atoms with Gasteiger partial charge >= 0.3 is 0 Å². The maximum Gasteiger partial charge on any atom is 0.261 e. The fraction of sp³-hybridized carbons (Fsp3) is 0.0741. The first-order chi connectivity index (χ1) is 16.9. The topological polar surface area (TPSA) is 101 Å². The molecule has 0 bridgehead atoms. The number of fused-ring (bicyclic) bond motifs is 1. The summed E-state index contributed by atoms with van der Waals surface area (Å²) < 4.78 is 1.64. The van der Waals surface area contributed by atoms with E-state index in [9.17, 15) is 19.2 Å². The van der Waals surface area contributed by atoms with Gasteiger partial charge in [0.2, 0.25) is 5.78 Å². The number of hydrogen-bond donors (Lipinski definition) is 1. The molecule has 0 atom stereocenters. The van der Waals surface area contributed by atoms with Gasteiger partial charge in [0.1, 0.15) is 0 Å². The number of nitrogens with one attached hydrogen (secondary N) is 1. The Hall–Kier alpha value is -4.85. The van der Waals surface area contributed by atoms with Crippen LogP contribution in [0.5, 0.6) is 0 Å². The van der Waals surface area contributed by atoms with Crippen molar-refractivity contribution in [2.75, 3.05) is 5.32 Å². The molecule has 1 aliphatic heterocycles. The molecule has 0 radical (unpaired) electrons. The van der Waals surface area contributed by atoms with Crippen molar-refractivity contribution < 1.29 is 19.2 Å². The van der Waals surface area contributed by atoms with E-state index in [1.807, 2.05) is 30.3 Å². The van der Waals surface area contributed by atoms with Crippen molar-refractivity contribution in [1.29, 1.82) is 0 Å². The van der Waals surface area contributed by atoms with Crippen molar-refractivity contribution >= 4 is 29.2 Å². The highest BCUT2D eigenvalue weighted by molar-refractivity contribution is 6.22. The van der Waals surface area contributed by atoms with Crippen LogP contribution in [0.1, 0.15) is 52.8 Å². The van der Waals surface area contributed by atoms with Gasteiger partial charge in [0.15, 0.2) is 5.82 Å². The first-order valence-electron chi connectivity index (χ1n) is 10.9. The van der Waals surface area contributed by atoms with E-state index in [1.165, 1.54) is 23.1 Å². The molecule has 4 aromatic rings. The van der Waals surface area contributed by atoms with Crippen LogP contribution in [-0.2, 0) is 13.6 Å². The van der Waals surface area contributed by atoms with Gasteiger partial charge in [-0.25, -0.2) is 4.98 Å². The summed E-state index contributed by atoms with van der Waals surface area (Å²) in [5.41, 5.74) is 2.50. The standard InChI is InChI=1S/C27H20N4O4/c1-30-14-13-28-24(30)23(32)18-7-10-20(11-8-18)29-25(33)19-9-12-21-22(15-19)27(35)31(26(21)34)16-17-5-3-2-4-6-17/h2-15H,16H2,1H3,(H,29,33). The Morgan fingerprint density at radius 2 is 1.54 bits per heavy atom. The molecule has 0 fully saturated rings. The van der Waals surface area contributed by atoms with E-state index >= 15 is 0 Å². The first-order valence-corrected chi connectivity index (χ1v) is 10.9. The van der Waals surface area contributed by atoms with Crippen molar-refractivity contribution in [3.05, 3.63) is 119 Å². The number of carbonyl (C=O) groups excluding carboxylic acids is 4. The number of nitrogens with zero attached hydrogens (tertiary/aromatic N) is 3. The lowest BCUT2D eigenvalue weighted by molar-refractivity contribution is 0.0642. The number of anilines is 1. The zero-order chi connectivity index (χ0) is 24.5. The van der Waals surface area contributed by atoms with E-state index in [0.717, 1.165) is 5.56 Å². The second-order valence-corrected chi connectivity index (χ2v) is 8.16. The molecule has 0 aliphatic carbocycles. The monoisotopic (exact) mass is 464 g/mol. The minimum atomic E-state index is -0.433. The zero-order valence-corrected chi connectivity index (χ0v) is 18.8. The van der Waals surface area contributed by atoms with E-state index in [4.69, 9.17) is 0 Å². The zero-order valence-electron chi connectivity index (χ0n) is 18.8. The van der Waals surface area contributed by atoms with Crippen LogP contribution in [0.3, 0.4) is 0 Å². The molecular weight excluding hydrogens is 444 g/mol. The molecule has 0 saturated heterocycles. The Balaban J connectivity index is 1.30. The largest absolute Gasteiger partial charge is 0.331 e. The Kier molecular flexibility index (Phi) is 5.54. The molecule has 0 saturated carbocycles. The molecule has 8 heteroatoms. The van der Waals surface area contributed by atoms with Crippen LogP contribution in [0.2, 0.25) is 0 Å². The van der Waals surface area contributed by atoms with Crippen molar-refractivity contribution in [2.24, 2.45) is 7.05 Å². The molecule has 2 heterocycles. The summed E-state index contributed by atoms with van der Waals surface area (Å²) in [5, 5.41) is 2.76. The smallest absolute Gasteiger partial charge is 0.261 e. The summed E-state index contributed by atoms with van der Waals surface area (Å²) in [6, 6.07) is 20.2. The van der Waals surface area contributed by atoms with Gasteiger partial charge < -0.3 is 9.88 Å². The predicted molar refractivity (Wildman–Crippen MR) is 128 cm³/mol. The van der Waals surface area contributed by atoms with Crippen LogP contribution in [-0.4, -0.2) is 38.0 Å². The van der Waals surface area contributed by atoms with Crippen molar-refractivity contribution in [1.82, 2.24) is 14.5 Å². The lowest BCUT2D eigenvalue weighted by Gasteiger charge is -2.13. The average molecular weight is 464 g/mol. The second-order valence-electron chi connectivity index (χ2n) is 8.16. The maximum atomic E-state index is 12.9. The molecule has 172 valence electrons. The number of ketones is 1. The fourth-order valence-corrected chi connectivity index (χ4v) is 3.96. The van der Waals surface area contributed by atoms with E-state index in [0.29, 0.717) is 17.1 Å². The predicted octanol–water partition coefficient (Wildman–Crippen LogP) is 3.70. The first kappa shape index (κ1) is 22.0. The van der Waals surface area contributed by atoms with Gasteiger partial charge in [-0.05, 0) is 48.0 Å². The van der Waals surface area contributed by atoms with Gasteiger partial charge in [0.05, 0.1) is 17.7 Å². The van der Waals surface area contributed by atoms with Gasteiger partial charge in [0, 0.05) is 36.3 Å². The van der Waals surface area contributed by atoms with Crippen LogP contribution >= 0.6 is 0 Å². The normalized spacial score (nSPS) is 12.5. The molecule has 5 rings (SSSR count). The highest BCUT2D eigenvalue weighted by Crippen LogP contribution is 2.26. The Bertz CT molecular complexity index is 1470. The molecule has 8 nitrogen and oxygen atoms in total. The summed E-state index contributed by atoms with van der Waals surface area (Å²) in [4.78, 5) is 56.3. The van der Waals surface area contributed by atoms with Crippen molar-refractivity contribution in [3.63, 3.8) is 0 Å². The summed E-state index contributed by atoms with van der Waals surface area (Å²) in [7, 11) is 1.74. The summed E-state index contributed by atoms with van der Waals surface area (Å²) >= 11 is 0. The third kappa shape index (κ3) is 4.13. The molecule has 1 aliphatic rings. The van der Waals surface area contributed by atoms with Crippen molar-refractivity contribution in [3.8, 4) is 0 Å². The van der Waals surface area contributed by atoms with E-state index in [1.54, 1.807) is 48.3 Å². The van der Waals surface area contributed by atoms with E-state index in [-0.39, 0.29) is 34.9 Å². The summed E-state index contributed by atoms with van der Waals surface area (Å²) in [6.45, 7) is 0.165. The number of amides is 3. The molecule has 1 aromatic heterocycles. The van der Waals surface area contributed by atoms with Crippen molar-refractivity contribution in [2.45, 2.75) is 6.54 Å². The molecule has 0 spiro atoms. The minimum Gasteiger partial charge on any atom is -0.331 e. The quantitative estimate of drug-likeness (QED) is 0.346. The number of benzene rings is 3. The van der Waals surface area contributed by atoms with Crippen LogP contribution in [0.25, 0.3) is 0 Å². The van der Waals surface area contributed by atoms with Gasteiger partial charge in [0.25, 0.3) is 17.7 Å². The lowest BCUT2D eigenvalue weighted by Crippen LogP contribution is -2.29. The van der Waals surface area contributed by atoms with E-state index < -0.39 is 11.8 Å². The second kappa shape index (κ2) is 8.83. The molecule has 0 unspecified atom stereocenters. The van der Waals surface area contributed by atoms with Gasteiger partial charge in [-0.15, -0.1) is 0 Å². The molecule has 3 amide bonds. The molecule has 35 heavy (non-hydrogen) atoms. The van der Waals surface area contributed by atoms with E-state index in [2.05, 4.69) is 10.3 Å². The van der Waals surface area contributed by atoms with Crippen LogP contribution in [0, 0.1) is 0 Å². The number of carbonyl (C=O) groups is 4. The Morgan fingerprint density at radius 3 is 2.23 bits per heavy atom.